The van der Waals surface area contributed by atoms with E-state index in [1.807, 2.05) is 44.3 Å². The lowest BCUT2D eigenvalue weighted by molar-refractivity contribution is -0.119. The molecule has 0 aliphatic rings. The Morgan fingerprint density at radius 3 is 2.69 bits per heavy atom. The molecular weight excluding hydrogens is 330 g/mol. The Balaban J connectivity index is 1.51. The van der Waals surface area contributed by atoms with E-state index in [0.717, 1.165) is 40.0 Å². The molecule has 7 nitrogen and oxygen atoms in total. The molecule has 1 amide bonds. The molecule has 2 aromatic heterocycles. The molecule has 0 aliphatic heterocycles. The molecule has 3 N–H and O–H groups in total. The molecule has 136 valence electrons. The molecule has 2 heterocycles. The molecule has 0 aliphatic carbocycles. The van der Waals surface area contributed by atoms with Crippen LogP contribution in [0, 0.1) is 13.8 Å². The number of benzene rings is 1. The number of aromatic nitrogens is 3. The molecule has 0 spiro atoms. The number of aryl methyl sites for hydroxylation is 2. The van der Waals surface area contributed by atoms with Gasteiger partial charge in [-0.2, -0.15) is 0 Å². The fraction of sp³-hybridized carbons (Fsp3) is 0.316. The topological polar surface area (TPSA) is 91.9 Å². The van der Waals surface area contributed by atoms with E-state index in [1.165, 1.54) is 0 Å². The Kier molecular flexibility index (Phi) is 5.36. The lowest BCUT2D eigenvalue weighted by atomic mass is 10.1. The number of nitrogens with one attached hydrogen (secondary N) is 3. The fourth-order valence-electron chi connectivity index (χ4n) is 2.85. The summed E-state index contributed by atoms with van der Waals surface area (Å²) in [5, 5.41) is 6.98. The normalized spacial score (nSPS) is 10.7. The maximum Gasteiger partial charge on any atom is 0.239 e. The number of nitrogens with zero attached hydrogens (tertiary/aromatic N) is 2. The highest BCUT2D eigenvalue weighted by molar-refractivity contribution is 5.85. The van der Waals surface area contributed by atoms with Gasteiger partial charge in [0.2, 0.25) is 11.9 Å². The minimum atomic E-state index is -0.0924. The summed E-state index contributed by atoms with van der Waals surface area (Å²) in [6.45, 7) is 4.50. The van der Waals surface area contributed by atoms with Crippen molar-refractivity contribution in [2.75, 3.05) is 25.5 Å². The molecule has 1 aromatic carbocycles. The summed E-state index contributed by atoms with van der Waals surface area (Å²) >= 11 is 0. The maximum atomic E-state index is 12.0. The van der Waals surface area contributed by atoms with Gasteiger partial charge in [-0.05, 0) is 50.1 Å². The van der Waals surface area contributed by atoms with Crippen molar-refractivity contribution in [2.24, 2.45) is 0 Å². The first-order valence-corrected chi connectivity index (χ1v) is 8.52. The van der Waals surface area contributed by atoms with Crippen molar-refractivity contribution in [1.82, 2.24) is 20.3 Å². The van der Waals surface area contributed by atoms with Crippen molar-refractivity contribution in [3.63, 3.8) is 0 Å². The monoisotopic (exact) mass is 353 g/mol. The molecule has 0 fully saturated rings. The highest BCUT2D eigenvalue weighted by Crippen LogP contribution is 2.23. The maximum absolute atomic E-state index is 12.0. The number of ether oxygens (including phenoxy) is 1. The fourth-order valence-corrected chi connectivity index (χ4v) is 2.85. The largest absolute Gasteiger partial charge is 0.497 e. The summed E-state index contributed by atoms with van der Waals surface area (Å²) in [7, 11) is 1.65. The second-order valence-electron chi connectivity index (χ2n) is 6.15. The van der Waals surface area contributed by atoms with Crippen LogP contribution in [-0.4, -0.2) is 41.1 Å². The van der Waals surface area contributed by atoms with Crippen molar-refractivity contribution >= 4 is 22.8 Å². The number of carbonyl (C=O) groups excluding carboxylic acids is 1. The Labute approximate surface area is 152 Å². The predicted molar refractivity (Wildman–Crippen MR) is 102 cm³/mol. The van der Waals surface area contributed by atoms with Crippen LogP contribution in [0.15, 0.2) is 30.5 Å². The van der Waals surface area contributed by atoms with E-state index < -0.39 is 0 Å². The van der Waals surface area contributed by atoms with Gasteiger partial charge in [0.25, 0.3) is 0 Å². The van der Waals surface area contributed by atoms with Crippen LogP contribution in [0.2, 0.25) is 0 Å². The number of fused-ring (bicyclic) bond motifs is 1. The van der Waals surface area contributed by atoms with Crippen molar-refractivity contribution < 1.29 is 9.53 Å². The molecule has 3 aromatic rings. The SMILES string of the molecule is COc1ccc2[nH]cc(CCNC(=O)CNc3nc(C)cc(C)n3)c2c1. The number of rotatable bonds is 7. The first-order chi connectivity index (χ1) is 12.5. The number of carbonyl (C=O) groups is 1. The molecule has 0 saturated carbocycles. The van der Waals surface area contributed by atoms with E-state index in [4.69, 9.17) is 4.74 Å². The predicted octanol–water partition coefficient (Wildman–Crippen LogP) is 2.35. The molecule has 3 rings (SSSR count). The highest BCUT2D eigenvalue weighted by atomic mass is 16.5. The standard InChI is InChI=1S/C19H23N5O2/c1-12-8-13(2)24-19(23-12)22-11-18(25)20-7-6-14-10-21-17-5-4-15(26-3)9-16(14)17/h4-5,8-10,21H,6-7,11H2,1-3H3,(H,20,25)(H,22,23,24). The van der Waals surface area contributed by atoms with Crippen LogP contribution in [0.4, 0.5) is 5.95 Å². The van der Waals surface area contributed by atoms with E-state index in [1.54, 1.807) is 7.11 Å². The third-order valence-electron chi connectivity index (χ3n) is 4.08. The van der Waals surface area contributed by atoms with Gasteiger partial charge in [-0.1, -0.05) is 0 Å². The molecule has 7 heteroatoms. The molecule has 0 saturated heterocycles. The van der Waals surface area contributed by atoms with Crippen LogP contribution < -0.4 is 15.4 Å². The zero-order valence-electron chi connectivity index (χ0n) is 15.2. The van der Waals surface area contributed by atoms with E-state index in [-0.39, 0.29) is 12.5 Å². The number of aromatic amines is 1. The van der Waals surface area contributed by atoms with E-state index in [9.17, 15) is 4.79 Å². The average Bonchev–Trinajstić information content (AvgIpc) is 3.01. The van der Waals surface area contributed by atoms with E-state index in [0.29, 0.717) is 12.5 Å². The van der Waals surface area contributed by atoms with Crippen molar-refractivity contribution in [2.45, 2.75) is 20.3 Å². The number of H-pyrrole nitrogens is 1. The Morgan fingerprint density at radius 2 is 1.96 bits per heavy atom. The van der Waals surface area contributed by atoms with Gasteiger partial charge in [0.15, 0.2) is 0 Å². The zero-order chi connectivity index (χ0) is 18.5. The number of hydrogen-bond acceptors (Lipinski definition) is 5. The summed E-state index contributed by atoms with van der Waals surface area (Å²) < 4.78 is 5.28. The summed E-state index contributed by atoms with van der Waals surface area (Å²) in [6, 6.07) is 7.80. The summed E-state index contributed by atoms with van der Waals surface area (Å²) in [5.74, 6) is 1.20. The molecule has 0 radical (unpaired) electrons. The summed E-state index contributed by atoms with van der Waals surface area (Å²) in [5.41, 5.74) is 3.94. The Hall–Kier alpha value is -3.09. The number of hydrogen-bond donors (Lipinski definition) is 3. The van der Waals surface area contributed by atoms with Gasteiger partial charge in [-0.3, -0.25) is 4.79 Å². The quantitative estimate of drug-likeness (QED) is 0.606. The summed E-state index contributed by atoms with van der Waals surface area (Å²) in [4.78, 5) is 23.8. The second-order valence-corrected chi connectivity index (χ2v) is 6.15. The van der Waals surface area contributed by atoms with Gasteiger partial charge in [0.1, 0.15) is 5.75 Å². The van der Waals surface area contributed by atoms with E-state index in [2.05, 4.69) is 25.6 Å². The minimum Gasteiger partial charge on any atom is -0.497 e. The highest BCUT2D eigenvalue weighted by Gasteiger charge is 2.07. The third kappa shape index (κ3) is 4.30. The van der Waals surface area contributed by atoms with Crippen LogP contribution in [0.1, 0.15) is 17.0 Å². The van der Waals surface area contributed by atoms with Crippen molar-refractivity contribution in [1.29, 1.82) is 0 Å². The van der Waals surface area contributed by atoms with Gasteiger partial charge in [-0.25, -0.2) is 9.97 Å². The van der Waals surface area contributed by atoms with Crippen LogP contribution >= 0.6 is 0 Å². The van der Waals surface area contributed by atoms with Crippen LogP contribution in [0.5, 0.6) is 5.75 Å². The first-order valence-electron chi connectivity index (χ1n) is 8.52. The first kappa shape index (κ1) is 17.7. The Bertz CT molecular complexity index is 899. The smallest absolute Gasteiger partial charge is 0.239 e. The molecule has 0 unspecified atom stereocenters. The summed E-state index contributed by atoms with van der Waals surface area (Å²) in [6.07, 6.45) is 2.71. The van der Waals surface area contributed by atoms with Gasteiger partial charge >= 0.3 is 0 Å². The lowest BCUT2D eigenvalue weighted by Gasteiger charge is -2.08. The molecular formula is C19H23N5O2. The number of amides is 1. The van der Waals surface area contributed by atoms with Crippen molar-refractivity contribution in [3.05, 3.63) is 47.4 Å². The Morgan fingerprint density at radius 1 is 1.19 bits per heavy atom. The van der Waals surface area contributed by atoms with Gasteiger partial charge in [0.05, 0.1) is 13.7 Å². The van der Waals surface area contributed by atoms with Crippen LogP contribution in [0.3, 0.4) is 0 Å². The van der Waals surface area contributed by atoms with Crippen LogP contribution in [0.25, 0.3) is 10.9 Å². The number of methoxy groups -OCH3 is 1. The average molecular weight is 353 g/mol. The molecule has 0 bridgehead atoms. The van der Waals surface area contributed by atoms with Gasteiger partial charge in [-0.15, -0.1) is 0 Å². The number of anilines is 1. The zero-order valence-corrected chi connectivity index (χ0v) is 15.2. The van der Waals surface area contributed by atoms with Crippen LogP contribution in [-0.2, 0) is 11.2 Å². The second kappa shape index (κ2) is 7.86. The van der Waals surface area contributed by atoms with Crippen molar-refractivity contribution in [3.8, 4) is 5.75 Å². The lowest BCUT2D eigenvalue weighted by Crippen LogP contribution is -2.31. The molecule has 26 heavy (non-hydrogen) atoms. The minimum absolute atomic E-state index is 0.0924. The van der Waals surface area contributed by atoms with E-state index >= 15 is 0 Å². The van der Waals surface area contributed by atoms with Gasteiger partial charge < -0.3 is 20.4 Å². The third-order valence-corrected chi connectivity index (χ3v) is 4.08. The van der Waals surface area contributed by atoms with Gasteiger partial charge in [0, 0.05) is 35.0 Å². The molecule has 0 atom stereocenters.